The zero-order chi connectivity index (χ0) is 15.9. The van der Waals surface area contributed by atoms with Crippen LogP contribution in [0.3, 0.4) is 0 Å². The first-order chi connectivity index (χ1) is 10.6. The Balaban J connectivity index is 2.17. The van der Waals surface area contributed by atoms with Crippen LogP contribution < -0.4 is 4.74 Å². The Bertz CT molecular complexity index is 675. The van der Waals surface area contributed by atoms with Gasteiger partial charge in [0, 0.05) is 21.8 Å². The molecule has 0 aromatic heterocycles. The third kappa shape index (κ3) is 4.42. The SMILES string of the molecule is COCc1cc(C=CC(=O)c2ccc(I)cc2)ccc1OC. The minimum absolute atomic E-state index is 0.0134. The number of ketones is 1. The zero-order valence-electron chi connectivity index (χ0n) is 12.5. The number of methoxy groups -OCH3 is 2. The molecule has 0 aliphatic carbocycles. The number of benzene rings is 2. The van der Waals surface area contributed by atoms with E-state index in [1.54, 1.807) is 26.4 Å². The van der Waals surface area contributed by atoms with Gasteiger partial charge in [-0.25, -0.2) is 0 Å². The predicted octanol–water partition coefficient (Wildman–Crippen LogP) is 4.34. The average molecular weight is 408 g/mol. The van der Waals surface area contributed by atoms with Crippen LogP contribution in [0.5, 0.6) is 5.75 Å². The molecule has 0 bridgehead atoms. The summed E-state index contributed by atoms with van der Waals surface area (Å²) in [4.78, 5) is 12.1. The molecule has 0 atom stereocenters. The van der Waals surface area contributed by atoms with E-state index in [0.29, 0.717) is 12.2 Å². The first-order valence-corrected chi connectivity index (χ1v) is 7.85. The number of hydrogen-bond acceptors (Lipinski definition) is 3. The van der Waals surface area contributed by atoms with Crippen molar-refractivity contribution in [3.63, 3.8) is 0 Å². The minimum atomic E-state index is -0.0134. The molecule has 0 saturated heterocycles. The van der Waals surface area contributed by atoms with Gasteiger partial charge in [-0.2, -0.15) is 0 Å². The molecule has 0 fully saturated rings. The maximum Gasteiger partial charge on any atom is 0.185 e. The summed E-state index contributed by atoms with van der Waals surface area (Å²) in [7, 11) is 3.27. The highest BCUT2D eigenvalue weighted by atomic mass is 127. The largest absolute Gasteiger partial charge is 0.496 e. The summed E-state index contributed by atoms with van der Waals surface area (Å²) in [5.74, 6) is 0.767. The van der Waals surface area contributed by atoms with Crippen molar-refractivity contribution in [2.24, 2.45) is 0 Å². The van der Waals surface area contributed by atoms with Crippen LogP contribution in [-0.2, 0) is 11.3 Å². The molecule has 2 rings (SSSR count). The lowest BCUT2D eigenvalue weighted by atomic mass is 10.1. The molecule has 22 heavy (non-hydrogen) atoms. The van der Waals surface area contributed by atoms with Gasteiger partial charge < -0.3 is 9.47 Å². The molecule has 0 radical (unpaired) electrons. The molecular formula is C18H17IO3. The smallest absolute Gasteiger partial charge is 0.185 e. The lowest BCUT2D eigenvalue weighted by Crippen LogP contribution is -1.95. The highest BCUT2D eigenvalue weighted by Crippen LogP contribution is 2.21. The summed E-state index contributed by atoms with van der Waals surface area (Å²) < 4.78 is 11.6. The Morgan fingerprint density at radius 2 is 1.86 bits per heavy atom. The van der Waals surface area contributed by atoms with Gasteiger partial charge in [-0.1, -0.05) is 24.3 Å². The molecule has 0 amide bonds. The fourth-order valence-electron chi connectivity index (χ4n) is 2.05. The van der Waals surface area contributed by atoms with Gasteiger partial charge in [-0.05, 0) is 58.5 Å². The molecule has 0 saturated carbocycles. The van der Waals surface area contributed by atoms with Crippen molar-refractivity contribution in [1.29, 1.82) is 0 Å². The average Bonchev–Trinajstić information content (AvgIpc) is 2.54. The van der Waals surface area contributed by atoms with Gasteiger partial charge in [0.05, 0.1) is 13.7 Å². The van der Waals surface area contributed by atoms with E-state index in [4.69, 9.17) is 9.47 Å². The monoisotopic (exact) mass is 408 g/mol. The van der Waals surface area contributed by atoms with Crippen molar-refractivity contribution >= 4 is 34.5 Å². The van der Waals surface area contributed by atoms with E-state index in [1.165, 1.54) is 0 Å². The summed E-state index contributed by atoms with van der Waals surface area (Å²) in [6.45, 7) is 0.468. The Morgan fingerprint density at radius 3 is 2.50 bits per heavy atom. The third-order valence-corrected chi connectivity index (χ3v) is 3.88. The number of halogens is 1. The van der Waals surface area contributed by atoms with Crippen molar-refractivity contribution in [1.82, 2.24) is 0 Å². The zero-order valence-corrected chi connectivity index (χ0v) is 14.7. The van der Waals surface area contributed by atoms with Crippen LogP contribution >= 0.6 is 22.6 Å². The van der Waals surface area contributed by atoms with E-state index >= 15 is 0 Å². The topological polar surface area (TPSA) is 35.5 Å². The molecule has 114 valence electrons. The van der Waals surface area contributed by atoms with E-state index in [-0.39, 0.29) is 5.78 Å². The number of allylic oxidation sites excluding steroid dienone is 1. The lowest BCUT2D eigenvalue weighted by Gasteiger charge is -2.08. The van der Waals surface area contributed by atoms with Gasteiger partial charge >= 0.3 is 0 Å². The molecule has 3 nitrogen and oxygen atoms in total. The Kier molecular flexibility index (Phi) is 6.15. The van der Waals surface area contributed by atoms with Crippen molar-refractivity contribution in [2.45, 2.75) is 6.61 Å². The van der Waals surface area contributed by atoms with Gasteiger partial charge in [0.1, 0.15) is 5.75 Å². The summed E-state index contributed by atoms with van der Waals surface area (Å²) in [5, 5.41) is 0. The Labute approximate surface area is 144 Å². The van der Waals surface area contributed by atoms with Gasteiger partial charge in [0.15, 0.2) is 5.78 Å². The van der Waals surface area contributed by atoms with Crippen LogP contribution in [0.15, 0.2) is 48.5 Å². The minimum Gasteiger partial charge on any atom is -0.496 e. The molecule has 4 heteroatoms. The molecule has 0 N–H and O–H groups in total. The van der Waals surface area contributed by atoms with Crippen molar-refractivity contribution in [2.75, 3.05) is 14.2 Å². The van der Waals surface area contributed by atoms with Gasteiger partial charge in [-0.15, -0.1) is 0 Å². The van der Waals surface area contributed by atoms with Crippen LogP contribution in [-0.4, -0.2) is 20.0 Å². The van der Waals surface area contributed by atoms with Crippen molar-refractivity contribution in [3.8, 4) is 5.75 Å². The first kappa shape index (κ1) is 16.7. The van der Waals surface area contributed by atoms with Crippen LogP contribution in [0.25, 0.3) is 6.08 Å². The van der Waals surface area contributed by atoms with Crippen LogP contribution in [0, 0.1) is 3.57 Å². The number of hydrogen-bond donors (Lipinski definition) is 0. The first-order valence-electron chi connectivity index (χ1n) is 6.78. The Hall–Kier alpha value is -1.66. The van der Waals surface area contributed by atoms with Crippen LogP contribution in [0.4, 0.5) is 0 Å². The van der Waals surface area contributed by atoms with Gasteiger partial charge in [0.2, 0.25) is 0 Å². The second kappa shape index (κ2) is 8.10. The van der Waals surface area contributed by atoms with E-state index in [9.17, 15) is 4.79 Å². The summed E-state index contributed by atoms with van der Waals surface area (Å²) >= 11 is 2.22. The molecule has 0 spiro atoms. The number of carbonyl (C=O) groups is 1. The van der Waals surface area contributed by atoms with Gasteiger partial charge in [0.25, 0.3) is 0 Å². The molecule has 2 aromatic carbocycles. The number of rotatable bonds is 6. The highest BCUT2D eigenvalue weighted by molar-refractivity contribution is 14.1. The second-order valence-corrected chi connectivity index (χ2v) is 5.95. The van der Waals surface area contributed by atoms with Crippen molar-refractivity contribution < 1.29 is 14.3 Å². The summed E-state index contributed by atoms with van der Waals surface area (Å²) in [6.07, 6.45) is 3.39. The molecule has 0 aliphatic rings. The van der Waals surface area contributed by atoms with E-state index in [2.05, 4.69) is 22.6 Å². The third-order valence-electron chi connectivity index (χ3n) is 3.16. The summed E-state index contributed by atoms with van der Waals surface area (Å²) in [5.41, 5.74) is 2.57. The fourth-order valence-corrected chi connectivity index (χ4v) is 2.41. The standard InChI is InChI=1S/C18H17IO3/c1-21-12-15-11-13(4-10-18(15)22-2)3-9-17(20)14-5-7-16(19)8-6-14/h3-11H,12H2,1-2H3. The predicted molar refractivity (Wildman–Crippen MR) is 96.2 cm³/mol. The fraction of sp³-hybridized carbons (Fsp3) is 0.167. The molecule has 0 aliphatic heterocycles. The molecule has 0 heterocycles. The maximum atomic E-state index is 12.1. The van der Waals surface area contributed by atoms with Crippen LogP contribution in [0.2, 0.25) is 0 Å². The van der Waals surface area contributed by atoms with E-state index in [0.717, 1.165) is 20.4 Å². The Morgan fingerprint density at radius 1 is 1.14 bits per heavy atom. The normalized spacial score (nSPS) is 10.9. The van der Waals surface area contributed by atoms with E-state index < -0.39 is 0 Å². The highest BCUT2D eigenvalue weighted by Gasteiger charge is 2.04. The van der Waals surface area contributed by atoms with Crippen LogP contribution in [0.1, 0.15) is 21.5 Å². The maximum absolute atomic E-state index is 12.1. The molecule has 0 unspecified atom stereocenters. The lowest BCUT2D eigenvalue weighted by molar-refractivity contribution is 0.104. The number of ether oxygens (including phenoxy) is 2. The second-order valence-electron chi connectivity index (χ2n) is 4.71. The van der Waals surface area contributed by atoms with E-state index in [1.807, 2.05) is 42.5 Å². The molecule has 2 aromatic rings. The summed E-state index contributed by atoms with van der Waals surface area (Å²) in [6, 6.07) is 13.3. The quantitative estimate of drug-likeness (QED) is 0.405. The van der Waals surface area contributed by atoms with Crippen molar-refractivity contribution in [3.05, 3.63) is 68.8 Å². The van der Waals surface area contributed by atoms with Gasteiger partial charge in [-0.3, -0.25) is 4.79 Å². The number of carbonyl (C=O) groups excluding carboxylic acids is 1. The molecular weight excluding hydrogens is 391 g/mol.